The van der Waals surface area contributed by atoms with Crippen LogP contribution in [-0.2, 0) is 20.6 Å². The van der Waals surface area contributed by atoms with Crippen molar-refractivity contribution in [3.8, 4) is 0 Å². The molecular formula is C16H20F3N3O3. The minimum Gasteiger partial charge on any atom is -0.386 e. The molecule has 0 bridgehead atoms. The summed E-state index contributed by atoms with van der Waals surface area (Å²) in [7, 11) is 0. The molecule has 138 valence electrons. The molecule has 0 saturated carbocycles. The van der Waals surface area contributed by atoms with Crippen LogP contribution in [0.3, 0.4) is 0 Å². The van der Waals surface area contributed by atoms with E-state index in [1.54, 1.807) is 0 Å². The van der Waals surface area contributed by atoms with Crippen LogP contribution < -0.4 is 10.6 Å². The Morgan fingerprint density at radius 2 is 1.96 bits per heavy atom. The molecule has 0 aliphatic heterocycles. The molecule has 6 nitrogen and oxygen atoms in total. The van der Waals surface area contributed by atoms with Crippen LogP contribution in [0.15, 0.2) is 29.4 Å². The number of rotatable bonds is 8. The molecule has 0 unspecified atom stereocenters. The molecule has 0 saturated heterocycles. The van der Waals surface area contributed by atoms with Crippen LogP contribution in [0.1, 0.15) is 32.3 Å². The molecule has 25 heavy (non-hydrogen) atoms. The third-order valence-electron chi connectivity index (χ3n) is 3.25. The highest BCUT2D eigenvalue weighted by molar-refractivity contribution is 6.31. The molecule has 0 radical (unpaired) electrons. The summed E-state index contributed by atoms with van der Waals surface area (Å²) in [6.07, 6.45) is -2.19. The van der Waals surface area contributed by atoms with E-state index in [9.17, 15) is 22.8 Å². The van der Waals surface area contributed by atoms with Crippen LogP contribution in [0.2, 0.25) is 0 Å². The van der Waals surface area contributed by atoms with Crippen molar-refractivity contribution >= 4 is 23.7 Å². The van der Waals surface area contributed by atoms with Crippen molar-refractivity contribution in [3.05, 3.63) is 29.8 Å². The predicted octanol–water partition coefficient (Wildman–Crippen LogP) is 2.95. The summed E-state index contributed by atoms with van der Waals surface area (Å²) in [5.41, 5.74) is -0.908. The van der Waals surface area contributed by atoms with Gasteiger partial charge >= 0.3 is 6.18 Å². The van der Waals surface area contributed by atoms with Gasteiger partial charge in [-0.15, -0.1) is 0 Å². The van der Waals surface area contributed by atoms with E-state index in [0.717, 1.165) is 31.2 Å². The van der Waals surface area contributed by atoms with Crippen molar-refractivity contribution in [2.45, 2.75) is 38.9 Å². The molecule has 0 aliphatic rings. The van der Waals surface area contributed by atoms with Gasteiger partial charge in [0, 0.05) is 11.7 Å². The van der Waals surface area contributed by atoms with Gasteiger partial charge in [-0.3, -0.25) is 9.59 Å². The summed E-state index contributed by atoms with van der Waals surface area (Å²) < 4.78 is 37.7. The second-order valence-electron chi connectivity index (χ2n) is 5.16. The first-order valence-corrected chi connectivity index (χ1v) is 7.69. The van der Waals surface area contributed by atoms with Gasteiger partial charge in [0.15, 0.2) is 6.61 Å². The van der Waals surface area contributed by atoms with Crippen LogP contribution in [0.4, 0.5) is 18.9 Å². The fourth-order valence-corrected chi connectivity index (χ4v) is 1.89. The maximum absolute atomic E-state index is 12.6. The Morgan fingerprint density at radius 3 is 2.56 bits per heavy atom. The second-order valence-corrected chi connectivity index (χ2v) is 5.16. The molecule has 0 fully saturated rings. The third-order valence-corrected chi connectivity index (χ3v) is 3.25. The highest BCUT2D eigenvalue weighted by atomic mass is 19.4. The van der Waals surface area contributed by atoms with Crippen LogP contribution in [0, 0.1) is 0 Å². The largest absolute Gasteiger partial charge is 0.416 e. The number of alkyl halides is 3. The zero-order chi connectivity index (χ0) is 18.9. The van der Waals surface area contributed by atoms with E-state index < -0.39 is 17.6 Å². The number of oxime groups is 1. The summed E-state index contributed by atoms with van der Waals surface area (Å²) in [6.45, 7) is 3.51. The normalized spacial score (nSPS) is 11.6. The van der Waals surface area contributed by atoms with Gasteiger partial charge in [0.2, 0.25) is 0 Å². The van der Waals surface area contributed by atoms with Crippen LogP contribution >= 0.6 is 0 Å². The van der Waals surface area contributed by atoms with E-state index in [-0.39, 0.29) is 24.2 Å². The van der Waals surface area contributed by atoms with E-state index >= 15 is 0 Å². The molecular weight excluding hydrogens is 339 g/mol. The van der Waals surface area contributed by atoms with Crippen molar-refractivity contribution in [2.75, 3.05) is 11.9 Å². The van der Waals surface area contributed by atoms with Gasteiger partial charge < -0.3 is 15.5 Å². The first kappa shape index (κ1) is 20.5. The predicted molar refractivity (Wildman–Crippen MR) is 87.0 cm³/mol. The Hall–Kier alpha value is -2.58. The smallest absolute Gasteiger partial charge is 0.386 e. The van der Waals surface area contributed by atoms with Crippen molar-refractivity contribution in [3.63, 3.8) is 0 Å². The lowest BCUT2D eigenvalue weighted by molar-refractivity contribution is -0.137. The van der Waals surface area contributed by atoms with Gasteiger partial charge in [0.25, 0.3) is 11.8 Å². The first-order valence-electron chi connectivity index (χ1n) is 7.69. The van der Waals surface area contributed by atoms with E-state index in [1.165, 1.54) is 12.1 Å². The summed E-state index contributed by atoms with van der Waals surface area (Å²) in [5, 5.41) is 8.26. The third kappa shape index (κ3) is 7.69. The van der Waals surface area contributed by atoms with E-state index in [1.807, 2.05) is 13.8 Å². The summed E-state index contributed by atoms with van der Waals surface area (Å²) >= 11 is 0. The van der Waals surface area contributed by atoms with Crippen LogP contribution in [-0.4, -0.2) is 30.7 Å². The number of nitrogens with one attached hydrogen (secondary N) is 2. The molecule has 9 heteroatoms. The number of amides is 2. The van der Waals surface area contributed by atoms with Gasteiger partial charge in [-0.25, -0.2) is 0 Å². The number of halogens is 3. The number of carbonyl (C=O) groups excluding carboxylic acids is 2. The van der Waals surface area contributed by atoms with Gasteiger partial charge in [-0.2, -0.15) is 13.2 Å². The first-order chi connectivity index (χ1) is 11.8. The van der Waals surface area contributed by atoms with E-state index in [2.05, 4.69) is 20.6 Å². The monoisotopic (exact) mass is 359 g/mol. The molecule has 2 amide bonds. The van der Waals surface area contributed by atoms with Crippen molar-refractivity contribution in [1.29, 1.82) is 0 Å². The lowest BCUT2D eigenvalue weighted by atomic mass is 10.2. The molecule has 1 rings (SSSR count). The number of nitrogens with zero attached hydrogens (tertiary/aromatic N) is 1. The molecule has 0 aliphatic carbocycles. The number of hydrogen-bond donors (Lipinski definition) is 2. The Kier molecular flexibility index (Phi) is 7.90. The maximum atomic E-state index is 12.6. The van der Waals surface area contributed by atoms with Gasteiger partial charge in [-0.05, 0) is 31.0 Å². The zero-order valence-corrected chi connectivity index (χ0v) is 13.9. The van der Waals surface area contributed by atoms with E-state index in [0.29, 0.717) is 0 Å². The number of carbonyl (C=O) groups is 2. The van der Waals surface area contributed by atoms with Crippen LogP contribution in [0.5, 0.6) is 0 Å². The molecule has 0 heterocycles. The quantitative estimate of drug-likeness (QED) is 0.553. The fraction of sp³-hybridized carbons (Fsp3) is 0.438. The average Bonchev–Trinajstić information content (AvgIpc) is 2.56. The van der Waals surface area contributed by atoms with Gasteiger partial charge in [0.05, 0.1) is 5.56 Å². The lowest BCUT2D eigenvalue weighted by Gasteiger charge is -2.13. The lowest BCUT2D eigenvalue weighted by Crippen LogP contribution is -2.36. The molecule has 0 spiro atoms. The molecule has 1 aromatic rings. The van der Waals surface area contributed by atoms with Gasteiger partial charge in [-0.1, -0.05) is 25.1 Å². The fourth-order valence-electron chi connectivity index (χ4n) is 1.89. The summed E-state index contributed by atoms with van der Waals surface area (Å²) in [4.78, 5) is 27.8. The SMILES string of the molecule is CCC(CC)NC(=O)CO/N=C/C(=O)Nc1cccc(C(F)(F)F)c1. The van der Waals surface area contributed by atoms with E-state index in [4.69, 9.17) is 0 Å². The standard InChI is InChI=1S/C16H20F3N3O3/c1-3-12(4-2)21-15(24)10-25-20-9-14(23)22-13-7-5-6-11(8-13)16(17,18)19/h5-9,12H,3-4,10H2,1-2H3,(H,21,24)(H,22,23)/b20-9+. The minimum absolute atomic E-state index is 0.0299. The molecule has 0 atom stereocenters. The Labute approximate surface area is 143 Å². The average molecular weight is 359 g/mol. The Morgan fingerprint density at radius 1 is 1.28 bits per heavy atom. The number of anilines is 1. The second kappa shape index (κ2) is 9.65. The van der Waals surface area contributed by atoms with Crippen molar-refractivity contribution in [2.24, 2.45) is 5.16 Å². The Balaban J connectivity index is 2.44. The highest BCUT2D eigenvalue weighted by Crippen LogP contribution is 2.30. The zero-order valence-electron chi connectivity index (χ0n) is 13.9. The van der Waals surface area contributed by atoms with Crippen molar-refractivity contribution < 1.29 is 27.6 Å². The Bertz CT molecular complexity index is 614. The minimum atomic E-state index is -4.50. The number of benzene rings is 1. The van der Waals surface area contributed by atoms with Crippen molar-refractivity contribution in [1.82, 2.24) is 5.32 Å². The van der Waals surface area contributed by atoms with Crippen LogP contribution in [0.25, 0.3) is 0 Å². The summed E-state index contributed by atoms with van der Waals surface area (Å²) in [6, 6.07) is 4.23. The summed E-state index contributed by atoms with van der Waals surface area (Å²) in [5.74, 6) is -1.15. The molecule has 0 aromatic heterocycles. The highest BCUT2D eigenvalue weighted by Gasteiger charge is 2.30. The topological polar surface area (TPSA) is 79.8 Å². The molecule has 1 aromatic carbocycles. The molecule has 2 N–H and O–H groups in total. The maximum Gasteiger partial charge on any atom is 0.416 e. The van der Waals surface area contributed by atoms with Gasteiger partial charge in [0.1, 0.15) is 6.21 Å². The number of hydrogen-bond acceptors (Lipinski definition) is 4.